The van der Waals surface area contributed by atoms with Crippen LogP contribution in [0.25, 0.3) is 0 Å². The highest BCUT2D eigenvalue weighted by atomic mass is 32.2. The maximum atomic E-state index is 13.0. The largest absolute Gasteiger partial charge is 0.368 e. The molecule has 0 heterocycles. The Morgan fingerprint density at radius 3 is 2.81 bits per heavy atom. The van der Waals surface area contributed by atoms with Crippen LogP contribution in [0.15, 0.2) is 29.2 Å². The molecule has 1 aromatic rings. The summed E-state index contributed by atoms with van der Waals surface area (Å²) in [6.07, 6.45) is 3.58. The van der Waals surface area contributed by atoms with Crippen LogP contribution in [0.2, 0.25) is 0 Å². The number of amides is 1. The minimum absolute atomic E-state index is 0.204. The zero-order valence-electron chi connectivity index (χ0n) is 12.8. The number of carbonyl (C=O) groups excluding carboxylic acids is 1. The van der Waals surface area contributed by atoms with Gasteiger partial charge in [-0.15, -0.1) is 11.8 Å². The fourth-order valence-electron chi connectivity index (χ4n) is 2.03. The second kappa shape index (κ2) is 9.05. The van der Waals surface area contributed by atoms with Crippen LogP contribution in [0.1, 0.15) is 39.5 Å². The van der Waals surface area contributed by atoms with E-state index in [1.165, 1.54) is 6.07 Å². The number of hydrogen-bond donors (Lipinski definition) is 2. The lowest BCUT2D eigenvalue weighted by Gasteiger charge is -2.27. The van der Waals surface area contributed by atoms with E-state index in [1.54, 1.807) is 23.9 Å². The fourth-order valence-corrected chi connectivity index (χ4v) is 2.98. The second-order valence-electron chi connectivity index (χ2n) is 5.39. The molecule has 0 radical (unpaired) electrons. The summed E-state index contributed by atoms with van der Waals surface area (Å²) in [7, 11) is 0. The van der Waals surface area contributed by atoms with E-state index >= 15 is 0 Å². The Labute approximate surface area is 130 Å². The molecule has 0 aromatic heterocycles. The highest BCUT2D eigenvalue weighted by Gasteiger charge is 2.29. The van der Waals surface area contributed by atoms with Crippen molar-refractivity contribution in [2.45, 2.75) is 50.0 Å². The number of nitrogens with two attached hydrogens (primary N) is 1. The van der Waals surface area contributed by atoms with Crippen molar-refractivity contribution in [2.24, 2.45) is 5.73 Å². The molecule has 0 fully saturated rings. The number of benzene rings is 1. The average molecular weight is 312 g/mol. The van der Waals surface area contributed by atoms with E-state index in [9.17, 15) is 9.18 Å². The van der Waals surface area contributed by atoms with Gasteiger partial charge in [0, 0.05) is 4.90 Å². The summed E-state index contributed by atoms with van der Waals surface area (Å²) in [4.78, 5) is 12.5. The second-order valence-corrected chi connectivity index (χ2v) is 6.55. The number of nitrogens with one attached hydrogen (secondary N) is 1. The molecule has 0 aliphatic heterocycles. The van der Waals surface area contributed by atoms with E-state index in [1.807, 2.05) is 13.0 Å². The fraction of sp³-hybridized carbons (Fsp3) is 0.562. The van der Waals surface area contributed by atoms with Crippen LogP contribution >= 0.6 is 11.8 Å². The van der Waals surface area contributed by atoms with Gasteiger partial charge in [-0.25, -0.2) is 4.39 Å². The Bertz CT molecular complexity index is 456. The number of rotatable bonds is 10. The van der Waals surface area contributed by atoms with E-state index in [2.05, 4.69) is 12.2 Å². The first kappa shape index (κ1) is 18.0. The van der Waals surface area contributed by atoms with Crippen LogP contribution in [-0.4, -0.2) is 23.7 Å². The summed E-state index contributed by atoms with van der Waals surface area (Å²) in [6.45, 7) is 4.71. The van der Waals surface area contributed by atoms with E-state index < -0.39 is 5.54 Å². The molecule has 0 aliphatic rings. The van der Waals surface area contributed by atoms with Gasteiger partial charge >= 0.3 is 0 Å². The van der Waals surface area contributed by atoms with Crippen LogP contribution in [0.3, 0.4) is 0 Å². The lowest BCUT2D eigenvalue weighted by Crippen LogP contribution is -2.53. The number of hydrogen-bond acceptors (Lipinski definition) is 3. The maximum absolute atomic E-state index is 13.0. The number of primary amides is 1. The van der Waals surface area contributed by atoms with Gasteiger partial charge in [0.15, 0.2) is 0 Å². The molecule has 3 nitrogen and oxygen atoms in total. The lowest BCUT2D eigenvalue weighted by molar-refractivity contribution is -0.124. The minimum Gasteiger partial charge on any atom is -0.368 e. The molecule has 21 heavy (non-hydrogen) atoms. The Morgan fingerprint density at radius 1 is 1.43 bits per heavy atom. The van der Waals surface area contributed by atoms with Gasteiger partial charge in [-0.05, 0) is 56.7 Å². The third-order valence-corrected chi connectivity index (χ3v) is 4.52. The van der Waals surface area contributed by atoms with Gasteiger partial charge in [0.2, 0.25) is 5.91 Å². The third-order valence-electron chi connectivity index (χ3n) is 3.44. The minimum atomic E-state index is -0.625. The first-order valence-corrected chi connectivity index (χ1v) is 8.40. The zero-order valence-corrected chi connectivity index (χ0v) is 13.6. The van der Waals surface area contributed by atoms with Crippen molar-refractivity contribution in [1.82, 2.24) is 5.32 Å². The molecule has 5 heteroatoms. The summed E-state index contributed by atoms with van der Waals surface area (Å²) >= 11 is 1.63. The van der Waals surface area contributed by atoms with Crippen LogP contribution < -0.4 is 11.1 Å². The van der Waals surface area contributed by atoms with Crippen molar-refractivity contribution in [2.75, 3.05) is 12.3 Å². The van der Waals surface area contributed by atoms with Crippen molar-refractivity contribution < 1.29 is 9.18 Å². The van der Waals surface area contributed by atoms with Crippen LogP contribution in [-0.2, 0) is 4.79 Å². The van der Waals surface area contributed by atoms with Gasteiger partial charge in [0.25, 0.3) is 0 Å². The summed E-state index contributed by atoms with van der Waals surface area (Å²) in [5, 5.41) is 3.23. The van der Waals surface area contributed by atoms with E-state index in [4.69, 9.17) is 5.73 Å². The molecule has 0 saturated carbocycles. The van der Waals surface area contributed by atoms with Crippen molar-refractivity contribution in [3.63, 3.8) is 0 Å². The molecule has 1 amide bonds. The maximum Gasteiger partial charge on any atom is 0.237 e. The molecule has 0 spiro atoms. The van der Waals surface area contributed by atoms with Gasteiger partial charge in [-0.1, -0.05) is 19.4 Å². The molecular weight excluding hydrogens is 287 g/mol. The quantitative estimate of drug-likeness (QED) is 0.515. The van der Waals surface area contributed by atoms with Crippen molar-refractivity contribution in [3.05, 3.63) is 30.1 Å². The molecule has 1 rings (SSSR count). The average Bonchev–Trinajstić information content (AvgIpc) is 2.44. The van der Waals surface area contributed by atoms with Gasteiger partial charge in [-0.3, -0.25) is 4.79 Å². The highest BCUT2D eigenvalue weighted by molar-refractivity contribution is 7.99. The number of halogens is 1. The van der Waals surface area contributed by atoms with Crippen LogP contribution in [0, 0.1) is 5.82 Å². The van der Waals surface area contributed by atoms with Crippen molar-refractivity contribution in [3.8, 4) is 0 Å². The summed E-state index contributed by atoms with van der Waals surface area (Å²) in [5.41, 5.74) is 4.86. The summed E-state index contributed by atoms with van der Waals surface area (Å²) in [5.74, 6) is 0.408. The van der Waals surface area contributed by atoms with Crippen LogP contribution in [0.4, 0.5) is 4.39 Å². The monoisotopic (exact) mass is 312 g/mol. The third kappa shape index (κ3) is 6.48. The molecule has 1 unspecified atom stereocenters. The molecule has 118 valence electrons. The van der Waals surface area contributed by atoms with Gasteiger partial charge < -0.3 is 11.1 Å². The predicted octanol–water partition coefficient (Wildman–Crippen LogP) is 3.33. The first-order chi connectivity index (χ1) is 9.98. The van der Waals surface area contributed by atoms with Crippen LogP contribution in [0.5, 0.6) is 0 Å². The molecule has 0 aliphatic carbocycles. The van der Waals surface area contributed by atoms with Crippen molar-refractivity contribution in [1.29, 1.82) is 0 Å². The first-order valence-electron chi connectivity index (χ1n) is 7.41. The Kier molecular flexibility index (Phi) is 7.75. The Morgan fingerprint density at radius 2 is 2.19 bits per heavy atom. The van der Waals surface area contributed by atoms with Gasteiger partial charge in [0.1, 0.15) is 5.82 Å². The SMILES string of the molecule is CCCNC(C)(CCCCSc1cccc(F)c1)C(N)=O. The molecule has 0 bridgehead atoms. The number of thioether (sulfide) groups is 1. The molecular formula is C16H25FN2OS. The normalized spacial score (nSPS) is 13.9. The van der Waals surface area contributed by atoms with Gasteiger partial charge in [-0.2, -0.15) is 0 Å². The van der Waals surface area contributed by atoms with E-state index in [-0.39, 0.29) is 11.7 Å². The summed E-state index contributed by atoms with van der Waals surface area (Å²) in [6, 6.07) is 6.61. The summed E-state index contributed by atoms with van der Waals surface area (Å²) < 4.78 is 13.0. The standard InChI is InChI=1S/C16H25FN2OS/c1-3-10-19-16(2,15(18)20)9-4-5-11-21-14-8-6-7-13(17)12-14/h6-8,12,19H,3-5,9-11H2,1-2H3,(H2,18,20). The molecule has 0 saturated heterocycles. The smallest absolute Gasteiger partial charge is 0.237 e. The predicted molar refractivity (Wildman–Crippen MR) is 86.9 cm³/mol. The lowest BCUT2D eigenvalue weighted by atomic mass is 9.94. The molecule has 3 N–H and O–H groups in total. The van der Waals surface area contributed by atoms with Gasteiger partial charge in [0.05, 0.1) is 5.54 Å². The molecule has 1 aromatic carbocycles. The topological polar surface area (TPSA) is 55.1 Å². The zero-order chi connectivity index (χ0) is 15.7. The number of unbranched alkanes of at least 4 members (excludes halogenated alkanes) is 1. The number of carbonyl (C=O) groups is 1. The Hall–Kier alpha value is -1.07. The van der Waals surface area contributed by atoms with E-state index in [0.717, 1.165) is 42.9 Å². The van der Waals surface area contributed by atoms with E-state index in [0.29, 0.717) is 0 Å². The highest BCUT2D eigenvalue weighted by Crippen LogP contribution is 2.21. The Balaban J connectivity index is 2.30. The molecule has 1 atom stereocenters. The van der Waals surface area contributed by atoms with Crippen molar-refractivity contribution >= 4 is 17.7 Å².